The second-order valence-corrected chi connectivity index (χ2v) is 10.6. The molecule has 208 valence electrons. The summed E-state index contributed by atoms with van der Waals surface area (Å²) in [6.07, 6.45) is 3.35. The van der Waals surface area contributed by atoms with Crippen molar-refractivity contribution in [1.29, 1.82) is 0 Å². The van der Waals surface area contributed by atoms with Crippen LogP contribution in [0.1, 0.15) is 23.7 Å². The van der Waals surface area contributed by atoms with E-state index in [0.717, 1.165) is 45.8 Å². The van der Waals surface area contributed by atoms with Gasteiger partial charge in [0.25, 0.3) is 0 Å². The highest BCUT2D eigenvalue weighted by Crippen LogP contribution is 2.39. The Morgan fingerprint density at radius 3 is 2.55 bits per heavy atom. The molecule has 9 heteroatoms. The van der Waals surface area contributed by atoms with Gasteiger partial charge < -0.3 is 25.2 Å². The zero-order chi connectivity index (χ0) is 28.8. The minimum absolute atomic E-state index is 0.298. The maximum absolute atomic E-state index is 12.3. The Labute approximate surface area is 240 Å². The maximum atomic E-state index is 12.3. The van der Waals surface area contributed by atoms with Gasteiger partial charge in [-0.3, -0.25) is 4.79 Å². The first kappa shape index (κ1) is 28.8. The van der Waals surface area contributed by atoms with E-state index in [0.29, 0.717) is 23.1 Å². The minimum Gasteiger partial charge on any atom is -0.494 e. The van der Waals surface area contributed by atoms with Gasteiger partial charge >= 0.3 is 0 Å². The molecule has 0 fully saturated rings. The number of likely N-dealkylation sites (N-methyl/N-ethyl adjacent to an activating group) is 2. The summed E-state index contributed by atoms with van der Waals surface area (Å²) in [5, 5.41) is 9.33. The van der Waals surface area contributed by atoms with Crippen molar-refractivity contribution in [2.45, 2.75) is 13.8 Å². The number of fused-ring (bicyclic) bond motifs is 1. The molecule has 0 atom stereocenters. The van der Waals surface area contributed by atoms with Crippen molar-refractivity contribution >= 4 is 56.0 Å². The number of rotatable bonds is 11. The van der Waals surface area contributed by atoms with Crippen LogP contribution in [0, 0.1) is 6.92 Å². The largest absolute Gasteiger partial charge is 0.494 e. The van der Waals surface area contributed by atoms with Gasteiger partial charge in [0.1, 0.15) is 10.6 Å². The SMILES string of the molecule is C=CC(=O)Nc1cc(Nc2nc(/C(=C/C)c3ccccc3C)c3ccsc3n2)c(OC)cc1N(C)CCN(C)C. The number of ether oxygens (including phenoxy) is 1. The fourth-order valence-corrected chi connectivity index (χ4v) is 5.20. The number of thiophene rings is 1. The van der Waals surface area contributed by atoms with E-state index in [-0.39, 0.29) is 5.91 Å². The van der Waals surface area contributed by atoms with Crippen LogP contribution >= 0.6 is 11.3 Å². The Morgan fingerprint density at radius 1 is 1.10 bits per heavy atom. The van der Waals surface area contributed by atoms with Crippen molar-refractivity contribution in [2.75, 3.05) is 56.9 Å². The molecular weight excluding hydrogens is 520 g/mol. The lowest BCUT2D eigenvalue weighted by Gasteiger charge is -2.26. The molecular formula is C31H36N6O2S. The van der Waals surface area contributed by atoms with Crippen LogP contribution in [0.25, 0.3) is 15.8 Å². The summed E-state index contributed by atoms with van der Waals surface area (Å²) < 4.78 is 5.78. The number of anilines is 4. The zero-order valence-electron chi connectivity index (χ0n) is 23.9. The quantitative estimate of drug-likeness (QED) is 0.209. The van der Waals surface area contributed by atoms with E-state index in [2.05, 4.69) is 58.2 Å². The van der Waals surface area contributed by atoms with E-state index in [9.17, 15) is 4.79 Å². The van der Waals surface area contributed by atoms with E-state index in [1.165, 1.54) is 11.6 Å². The molecule has 4 rings (SSSR count). The van der Waals surface area contributed by atoms with Crippen LogP contribution in [0.2, 0.25) is 0 Å². The van der Waals surface area contributed by atoms with Crippen molar-refractivity contribution in [3.8, 4) is 5.75 Å². The lowest BCUT2D eigenvalue weighted by molar-refractivity contribution is -0.111. The highest BCUT2D eigenvalue weighted by molar-refractivity contribution is 7.16. The molecule has 0 spiro atoms. The van der Waals surface area contributed by atoms with Crippen LogP contribution in [0.5, 0.6) is 5.75 Å². The van der Waals surface area contributed by atoms with Crippen LogP contribution in [0.15, 0.2) is 66.6 Å². The normalized spacial score (nSPS) is 11.5. The van der Waals surface area contributed by atoms with Crippen LogP contribution in [0.3, 0.4) is 0 Å². The number of carbonyl (C=O) groups is 1. The Bertz CT molecular complexity index is 1560. The lowest BCUT2D eigenvalue weighted by atomic mass is 9.96. The smallest absolute Gasteiger partial charge is 0.247 e. The first-order valence-corrected chi connectivity index (χ1v) is 13.9. The van der Waals surface area contributed by atoms with Crippen LogP contribution < -0.4 is 20.3 Å². The molecule has 0 radical (unpaired) electrons. The number of nitrogens with zero attached hydrogens (tertiary/aromatic N) is 4. The van der Waals surface area contributed by atoms with Gasteiger partial charge in [0.15, 0.2) is 0 Å². The van der Waals surface area contributed by atoms with Crippen molar-refractivity contribution in [2.24, 2.45) is 0 Å². The van der Waals surface area contributed by atoms with E-state index < -0.39 is 0 Å². The third-order valence-corrected chi connectivity index (χ3v) is 7.41. The summed E-state index contributed by atoms with van der Waals surface area (Å²) in [4.78, 5) is 27.2. The summed E-state index contributed by atoms with van der Waals surface area (Å²) >= 11 is 1.56. The third-order valence-electron chi connectivity index (χ3n) is 6.61. The van der Waals surface area contributed by atoms with Gasteiger partial charge in [-0.15, -0.1) is 11.3 Å². The van der Waals surface area contributed by atoms with Crippen molar-refractivity contribution in [3.63, 3.8) is 0 Å². The van der Waals surface area contributed by atoms with Crippen molar-refractivity contribution < 1.29 is 9.53 Å². The minimum atomic E-state index is -0.298. The van der Waals surface area contributed by atoms with E-state index in [1.54, 1.807) is 18.4 Å². The molecule has 0 aliphatic carbocycles. The molecule has 0 saturated heterocycles. The van der Waals surface area contributed by atoms with Crippen molar-refractivity contribution in [1.82, 2.24) is 14.9 Å². The van der Waals surface area contributed by atoms with Crippen LogP contribution in [-0.4, -0.2) is 62.1 Å². The summed E-state index contributed by atoms with van der Waals surface area (Å²) in [6, 6.07) is 14.1. The standard InChI is InChI=1S/C31H36N6O2S/c1-8-21(22-13-11-10-12-20(22)3)29-23-14-17-40-30(23)35-31(34-29)33-25-18-24(32-28(38)9-2)26(19-27(25)39-7)37(6)16-15-36(4)5/h8-14,17-19H,2,15-16H2,1,3-7H3,(H,32,38)(H,33,34,35)/b21-8+. The second-order valence-electron chi connectivity index (χ2n) is 9.67. The molecule has 0 aliphatic heterocycles. The predicted molar refractivity (Wildman–Crippen MR) is 168 cm³/mol. The van der Waals surface area contributed by atoms with E-state index in [4.69, 9.17) is 14.7 Å². The molecule has 2 heterocycles. The number of hydrogen-bond donors (Lipinski definition) is 2. The second kappa shape index (κ2) is 12.8. The van der Waals surface area contributed by atoms with Gasteiger partial charge in [0.2, 0.25) is 11.9 Å². The Hall–Kier alpha value is -4.21. The van der Waals surface area contributed by atoms with Gasteiger partial charge in [-0.1, -0.05) is 36.9 Å². The van der Waals surface area contributed by atoms with Gasteiger partial charge in [-0.25, -0.2) is 9.97 Å². The monoisotopic (exact) mass is 556 g/mol. The number of hydrogen-bond acceptors (Lipinski definition) is 8. The number of allylic oxidation sites excluding steroid dienone is 1. The Kier molecular flexibility index (Phi) is 9.19. The molecule has 2 aromatic carbocycles. The lowest BCUT2D eigenvalue weighted by Crippen LogP contribution is -2.29. The third kappa shape index (κ3) is 6.32. The summed E-state index contributed by atoms with van der Waals surface area (Å²) in [7, 11) is 7.66. The van der Waals surface area contributed by atoms with Crippen molar-refractivity contribution in [3.05, 3.63) is 83.4 Å². The molecule has 2 aromatic heterocycles. The fourth-order valence-electron chi connectivity index (χ4n) is 4.44. The van der Waals surface area contributed by atoms with E-state index in [1.807, 2.05) is 57.7 Å². The van der Waals surface area contributed by atoms with Gasteiger partial charge in [0, 0.05) is 37.2 Å². The maximum Gasteiger partial charge on any atom is 0.247 e. The highest BCUT2D eigenvalue weighted by atomic mass is 32.1. The molecule has 40 heavy (non-hydrogen) atoms. The molecule has 8 nitrogen and oxygen atoms in total. The van der Waals surface area contributed by atoms with Crippen LogP contribution in [0.4, 0.5) is 23.0 Å². The fraction of sp³-hybridized carbons (Fsp3) is 0.258. The zero-order valence-corrected chi connectivity index (χ0v) is 24.7. The average Bonchev–Trinajstić information content (AvgIpc) is 3.42. The molecule has 0 bridgehead atoms. The first-order valence-electron chi connectivity index (χ1n) is 13.0. The molecule has 0 unspecified atom stereocenters. The van der Waals surface area contributed by atoms with Gasteiger partial charge in [-0.05, 0) is 62.7 Å². The molecule has 0 saturated carbocycles. The summed E-state index contributed by atoms with van der Waals surface area (Å²) in [5.41, 5.74) is 6.27. The molecule has 4 aromatic rings. The average molecular weight is 557 g/mol. The Balaban J connectivity index is 1.80. The molecule has 1 amide bonds. The summed E-state index contributed by atoms with van der Waals surface area (Å²) in [6.45, 7) is 9.34. The first-order chi connectivity index (χ1) is 19.2. The number of aryl methyl sites for hydroxylation is 1. The number of aromatic nitrogens is 2. The number of nitrogens with one attached hydrogen (secondary N) is 2. The topological polar surface area (TPSA) is 82.6 Å². The molecule has 0 aliphatic rings. The number of benzene rings is 2. The van der Waals surface area contributed by atoms with E-state index >= 15 is 0 Å². The van der Waals surface area contributed by atoms with Crippen LogP contribution in [-0.2, 0) is 4.79 Å². The number of carbonyl (C=O) groups excluding carboxylic acids is 1. The summed E-state index contributed by atoms with van der Waals surface area (Å²) in [5.74, 6) is 0.739. The number of methoxy groups -OCH3 is 1. The molecule has 2 N–H and O–H groups in total. The van der Waals surface area contributed by atoms with Gasteiger partial charge in [-0.2, -0.15) is 0 Å². The Morgan fingerprint density at radius 2 is 1.88 bits per heavy atom. The number of amides is 1. The van der Waals surface area contributed by atoms with Gasteiger partial charge in [0.05, 0.1) is 29.9 Å². The highest BCUT2D eigenvalue weighted by Gasteiger charge is 2.19. The predicted octanol–water partition coefficient (Wildman–Crippen LogP) is 6.33.